The topological polar surface area (TPSA) is 98.6 Å². The van der Waals surface area contributed by atoms with Crippen molar-refractivity contribution >= 4 is 22.5 Å². The molecule has 1 saturated heterocycles. The number of aromatic nitrogens is 4. The second-order valence-corrected chi connectivity index (χ2v) is 7.96. The molecular formula is C24H19FN6O. The number of hydrogen-bond donors (Lipinski definition) is 1. The Balaban J connectivity index is 1.31. The maximum Gasteiger partial charge on any atom is 0.183 e. The van der Waals surface area contributed by atoms with Gasteiger partial charge in [-0.25, -0.2) is 4.39 Å². The quantitative estimate of drug-likeness (QED) is 0.488. The van der Waals surface area contributed by atoms with Gasteiger partial charge < -0.3 is 9.88 Å². The van der Waals surface area contributed by atoms with Crippen LogP contribution in [0.5, 0.6) is 0 Å². The Morgan fingerprint density at radius 3 is 2.88 bits per heavy atom. The molecule has 1 N–H and O–H groups in total. The van der Waals surface area contributed by atoms with E-state index in [4.69, 9.17) is 5.26 Å². The summed E-state index contributed by atoms with van der Waals surface area (Å²) in [4.78, 5) is 21.8. The van der Waals surface area contributed by atoms with Crippen LogP contribution >= 0.6 is 0 Å². The second kappa shape index (κ2) is 8.19. The van der Waals surface area contributed by atoms with E-state index in [1.54, 1.807) is 6.07 Å². The number of benzene rings is 1. The fourth-order valence-corrected chi connectivity index (χ4v) is 4.18. The van der Waals surface area contributed by atoms with Crippen LogP contribution in [0.3, 0.4) is 0 Å². The maximum absolute atomic E-state index is 13.3. The fourth-order valence-electron chi connectivity index (χ4n) is 4.18. The summed E-state index contributed by atoms with van der Waals surface area (Å²) in [5, 5.41) is 17.9. The third-order valence-electron chi connectivity index (χ3n) is 5.82. The molecule has 4 heterocycles. The number of nitrogens with zero attached hydrogens (tertiary/aromatic N) is 5. The molecule has 7 nitrogen and oxygen atoms in total. The van der Waals surface area contributed by atoms with Gasteiger partial charge in [-0.15, -0.1) is 10.2 Å². The van der Waals surface area contributed by atoms with Gasteiger partial charge in [-0.05, 0) is 53.9 Å². The number of fused-ring (bicyclic) bond motifs is 1. The van der Waals surface area contributed by atoms with E-state index in [0.29, 0.717) is 22.9 Å². The standard InChI is InChI=1S/C24H19FN6O/c25-19-7-15(12-27-13-19)8-23(32)22-10-18-9-16(1-3-21(18)28-22)17-5-6-31(14-17)24-4-2-20(11-26)29-30-24/h1-4,7,9-10,12-13,17,28H,5-6,8,14H2. The molecule has 1 aliphatic rings. The number of halogens is 1. The van der Waals surface area contributed by atoms with Gasteiger partial charge >= 0.3 is 0 Å². The van der Waals surface area contributed by atoms with Crippen molar-refractivity contribution in [3.8, 4) is 6.07 Å². The van der Waals surface area contributed by atoms with Gasteiger partial charge in [0.1, 0.15) is 11.9 Å². The first-order valence-corrected chi connectivity index (χ1v) is 10.3. The summed E-state index contributed by atoms with van der Waals surface area (Å²) in [6.45, 7) is 1.68. The van der Waals surface area contributed by atoms with Gasteiger partial charge in [-0.2, -0.15) is 5.26 Å². The molecule has 0 radical (unpaired) electrons. The summed E-state index contributed by atoms with van der Waals surface area (Å²) in [7, 11) is 0. The van der Waals surface area contributed by atoms with E-state index in [1.807, 2.05) is 24.3 Å². The average Bonchev–Trinajstić information content (AvgIpc) is 3.46. The van der Waals surface area contributed by atoms with Gasteiger partial charge in [0.25, 0.3) is 0 Å². The number of pyridine rings is 1. The summed E-state index contributed by atoms with van der Waals surface area (Å²) in [5.41, 5.74) is 3.45. The molecule has 0 amide bonds. The van der Waals surface area contributed by atoms with E-state index in [1.165, 1.54) is 17.8 Å². The zero-order valence-corrected chi connectivity index (χ0v) is 17.1. The van der Waals surface area contributed by atoms with Crippen LogP contribution in [0.15, 0.2) is 54.9 Å². The highest BCUT2D eigenvalue weighted by atomic mass is 19.1. The summed E-state index contributed by atoms with van der Waals surface area (Å²) in [6.07, 6.45) is 3.70. The van der Waals surface area contributed by atoms with Crippen LogP contribution in [0.4, 0.5) is 10.2 Å². The number of carbonyl (C=O) groups excluding carboxylic acids is 1. The zero-order valence-electron chi connectivity index (χ0n) is 17.1. The third-order valence-corrected chi connectivity index (χ3v) is 5.82. The Labute approximate surface area is 183 Å². The number of nitriles is 1. The van der Waals surface area contributed by atoms with E-state index < -0.39 is 5.82 Å². The molecule has 1 atom stereocenters. The summed E-state index contributed by atoms with van der Waals surface area (Å²) < 4.78 is 13.3. The molecule has 158 valence electrons. The fraction of sp³-hybridized carbons (Fsp3) is 0.208. The van der Waals surface area contributed by atoms with Crippen LogP contribution in [0.2, 0.25) is 0 Å². The van der Waals surface area contributed by atoms with Crippen molar-refractivity contribution in [2.45, 2.75) is 18.8 Å². The highest BCUT2D eigenvalue weighted by Crippen LogP contribution is 2.31. The highest BCUT2D eigenvalue weighted by molar-refractivity contribution is 6.00. The number of anilines is 1. The lowest BCUT2D eigenvalue weighted by atomic mass is 9.97. The van der Waals surface area contributed by atoms with E-state index in [9.17, 15) is 9.18 Å². The molecule has 8 heteroatoms. The Kier molecular flexibility index (Phi) is 5.07. The van der Waals surface area contributed by atoms with E-state index >= 15 is 0 Å². The van der Waals surface area contributed by atoms with Crippen molar-refractivity contribution < 1.29 is 9.18 Å². The number of Topliss-reactive ketones (excluding diaryl/α,β-unsaturated/α-hetero) is 1. The van der Waals surface area contributed by atoms with Gasteiger partial charge in [-0.1, -0.05) is 6.07 Å². The predicted octanol–water partition coefficient (Wildman–Crippen LogP) is 3.78. The van der Waals surface area contributed by atoms with E-state index in [2.05, 4.69) is 37.2 Å². The first-order valence-electron chi connectivity index (χ1n) is 10.3. The van der Waals surface area contributed by atoms with Gasteiger partial charge in [0.2, 0.25) is 0 Å². The Morgan fingerprint density at radius 2 is 2.09 bits per heavy atom. The third kappa shape index (κ3) is 3.93. The van der Waals surface area contributed by atoms with Crippen molar-refractivity contribution in [1.29, 1.82) is 5.26 Å². The number of nitrogens with one attached hydrogen (secondary N) is 1. The summed E-state index contributed by atoms with van der Waals surface area (Å²) in [5.74, 6) is 0.550. The smallest absolute Gasteiger partial charge is 0.183 e. The number of ketones is 1. The molecule has 0 spiro atoms. The van der Waals surface area contributed by atoms with Crippen molar-refractivity contribution in [3.63, 3.8) is 0 Å². The van der Waals surface area contributed by atoms with Gasteiger partial charge in [0.15, 0.2) is 17.3 Å². The monoisotopic (exact) mass is 426 g/mol. The Hall–Kier alpha value is -4.12. The molecule has 1 unspecified atom stereocenters. The van der Waals surface area contributed by atoms with E-state index in [0.717, 1.165) is 42.4 Å². The number of aromatic amines is 1. The lowest BCUT2D eigenvalue weighted by Crippen LogP contribution is -2.20. The first-order chi connectivity index (χ1) is 15.6. The van der Waals surface area contributed by atoms with Crippen molar-refractivity contribution in [2.75, 3.05) is 18.0 Å². The molecule has 1 aliphatic heterocycles. The Bertz CT molecular complexity index is 1340. The highest BCUT2D eigenvalue weighted by Gasteiger charge is 2.25. The van der Waals surface area contributed by atoms with Gasteiger partial charge in [0.05, 0.1) is 11.9 Å². The number of rotatable bonds is 5. The molecule has 32 heavy (non-hydrogen) atoms. The minimum atomic E-state index is -0.450. The normalized spacial score (nSPS) is 15.8. The molecule has 3 aromatic heterocycles. The largest absolute Gasteiger partial charge is 0.354 e. The first kappa shape index (κ1) is 19.8. The molecule has 0 saturated carbocycles. The number of H-pyrrole nitrogens is 1. The lowest BCUT2D eigenvalue weighted by Gasteiger charge is -2.16. The van der Waals surface area contributed by atoms with Gasteiger partial charge in [-0.3, -0.25) is 9.78 Å². The van der Waals surface area contributed by atoms with Crippen LogP contribution in [0.25, 0.3) is 10.9 Å². The van der Waals surface area contributed by atoms with E-state index in [-0.39, 0.29) is 12.2 Å². The lowest BCUT2D eigenvalue weighted by molar-refractivity contribution is 0.0989. The molecule has 1 fully saturated rings. The van der Waals surface area contributed by atoms with Crippen LogP contribution < -0.4 is 4.90 Å². The number of hydrogen-bond acceptors (Lipinski definition) is 6. The maximum atomic E-state index is 13.3. The Morgan fingerprint density at radius 1 is 1.19 bits per heavy atom. The number of carbonyl (C=O) groups is 1. The van der Waals surface area contributed by atoms with Gasteiger partial charge in [0, 0.05) is 42.5 Å². The molecular weight excluding hydrogens is 407 g/mol. The van der Waals surface area contributed by atoms with Crippen LogP contribution in [0.1, 0.15) is 39.6 Å². The minimum absolute atomic E-state index is 0.0909. The van der Waals surface area contributed by atoms with Crippen molar-refractivity contribution in [1.82, 2.24) is 20.2 Å². The predicted molar refractivity (Wildman–Crippen MR) is 117 cm³/mol. The van der Waals surface area contributed by atoms with Crippen LogP contribution in [-0.4, -0.2) is 39.0 Å². The average molecular weight is 426 g/mol. The molecule has 0 aliphatic carbocycles. The van der Waals surface area contributed by atoms with Crippen molar-refractivity contribution in [2.24, 2.45) is 0 Å². The zero-order chi connectivity index (χ0) is 22.1. The summed E-state index contributed by atoms with van der Waals surface area (Å²) >= 11 is 0. The van der Waals surface area contributed by atoms with Crippen molar-refractivity contribution in [3.05, 3.63) is 83.2 Å². The molecule has 5 rings (SSSR count). The van der Waals surface area contributed by atoms with Crippen LogP contribution in [-0.2, 0) is 6.42 Å². The van der Waals surface area contributed by atoms with Crippen LogP contribution in [0, 0.1) is 17.1 Å². The molecule has 4 aromatic rings. The SMILES string of the molecule is N#Cc1ccc(N2CCC(c3ccc4[nH]c(C(=O)Cc5cncc(F)c5)cc4c3)C2)nn1. The summed E-state index contributed by atoms with van der Waals surface area (Å²) in [6, 6.07) is 14.9. The second-order valence-electron chi connectivity index (χ2n) is 7.96. The minimum Gasteiger partial charge on any atom is -0.354 e. The molecule has 0 bridgehead atoms. The molecule has 1 aromatic carbocycles.